The Kier molecular flexibility index (Phi) is 5.01. The fourth-order valence-corrected chi connectivity index (χ4v) is 2.24. The van der Waals surface area contributed by atoms with Gasteiger partial charge in [0.05, 0.1) is 0 Å². The number of amides is 1. The third-order valence-electron chi connectivity index (χ3n) is 3.84. The largest absolute Gasteiger partial charge is 0.404 e. The number of alkyl halides is 3. The van der Waals surface area contributed by atoms with Crippen molar-refractivity contribution < 1.29 is 18.0 Å². The predicted octanol–water partition coefficient (Wildman–Crippen LogP) is 2.08. The fourth-order valence-electron chi connectivity index (χ4n) is 2.24. The summed E-state index contributed by atoms with van der Waals surface area (Å²) in [6, 6.07) is 0. The van der Waals surface area contributed by atoms with Crippen molar-refractivity contribution >= 4 is 5.91 Å². The Morgan fingerprint density at radius 3 is 2.39 bits per heavy atom. The van der Waals surface area contributed by atoms with Crippen molar-refractivity contribution in [3.05, 3.63) is 0 Å². The highest BCUT2D eigenvalue weighted by Gasteiger charge is 2.61. The lowest BCUT2D eigenvalue weighted by atomic mass is 9.85. The lowest BCUT2D eigenvalue weighted by Crippen LogP contribution is -2.52. The van der Waals surface area contributed by atoms with Crippen LogP contribution >= 0.6 is 0 Å². The molecule has 1 aliphatic heterocycles. The summed E-state index contributed by atoms with van der Waals surface area (Å²) in [6.07, 6.45) is -2.96. The van der Waals surface area contributed by atoms with Crippen LogP contribution in [-0.2, 0) is 4.79 Å². The molecule has 6 heteroatoms. The molecule has 1 atom stereocenters. The van der Waals surface area contributed by atoms with Gasteiger partial charge in [0.2, 0.25) is 5.91 Å². The van der Waals surface area contributed by atoms with Crippen LogP contribution in [0.2, 0.25) is 0 Å². The van der Waals surface area contributed by atoms with E-state index in [4.69, 9.17) is 0 Å². The standard InChI is InChI=1S/C12H21F3N2O/c1-3-9(4-2)7-17-10(18)11(12(13,14)15)5-6-16-8-11/h9,16H,3-8H2,1-2H3,(H,17,18). The number of nitrogens with one attached hydrogen (secondary N) is 2. The van der Waals surface area contributed by atoms with E-state index in [2.05, 4.69) is 10.6 Å². The van der Waals surface area contributed by atoms with E-state index in [0.717, 1.165) is 12.8 Å². The van der Waals surface area contributed by atoms with Gasteiger partial charge in [0, 0.05) is 13.1 Å². The van der Waals surface area contributed by atoms with Gasteiger partial charge in [-0.3, -0.25) is 4.79 Å². The van der Waals surface area contributed by atoms with Crippen molar-refractivity contribution in [1.82, 2.24) is 10.6 Å². The minimum absolute atomic E-state index is 0.175. The maximum Gasteiger partial charge on any atom is 0.404 e. The molecule has 0 aromatic carbocycles. The first-order valence-electron chi connectivity index (χ1n) is 6.43. The summed E-state index contributed by atoms with van der Waals surface area (Å²) in [5.41, 5.74) is -2.24. The zero-order valence-electron chi connectivity index (χ0n) is 10.9. The number of rotatable bonds is 5. The number of hydrogen-bond acceptors (Lipinski definition) is 2. The Morgan fingerprint density at radius 1 is 1.39 bits per heavy atom. The first-order chi connectivity index (χ1) is 8.37. The second-order valence-electron chi connectivity index (χ2n) is 4.90. The molecular weight excluding hydrogens is 245 g/mol. The number of hydrogen-bond donors (Lipinski definition) is 2. The van der Waals surface area contributed by atoms with Crippen LogP contribution in [0.1, 0.15) is 33.1 Å². The number of halogens is 3. The summed E-state index contributed by atoms with van der Waals surface area (Å²) < 4.78 is 39.2. The molecule has 18 heavy (non-hydrogen) atoms. The molecule has 1 aliphatic rings. The molecule has 2 N–H and O–H groups in total. The van der Waals surface area contributed by atoms with Gasteiger partial charge in [-0.25, -0.2) is 0 Å². The summed E-state index contributed by atoms with van der Waals surface area (Å²) in [5, 5.41) is 5.11. The van der Waals surface area contributed by atoms with E-state index in [1.54, 1.807) is 0 Å². The average molecular weight is 266 g/mol. The van der Waals surface area contributed by atoms with Crippen LogP contribution in [-0.4, -0.2) is 31.7 Å². The zero-order valence-corrected chi connectivity index (χ0v) is 10.9. The van der Waals surface area contributed by atoms with Crippen molar-refractivity contribution in [1.29, 1.82) is 0 Å². The molecule has 3 nitrogen and oxygen atoms in total. The van der Waals surface area contributed by atoms with E-state index in [9.17, 15) is 18.0 Å². The second-order valence-corrected chi connectivity index (χ2v) is 4.90. The van der Waals surface area contributed by atoms with Crippen molar-refractivity contribution in [3.63, 3.8) is 0 Å². The van der Waals surface area contributed by atoms with E-state index in [0.29, 0.717) is 6.54 Å². The molecule has 1 amide bonds. The van der Waals surface area contributed by atoms with Crippen LogP contribution < -0.4 is 10.6 Å². The third-order valence-corrected chi connectivity index (χ3v) is 3.84. The lowest BCUT2D eigenvalue weighted by Gasteiger charge is -2.30. The summed E-state index contributed by atoms with van der Waals surface area (Å²) in [4.78, 5) is 11.9. The Morgan fingerprint density at radius 2 is 2.00 bits per heavy atom. The first kappa shape index (κ1) is 15.3. The zero-order chi connectivity index (χ0) is 13.8. The average Bonchev–Trinajstić information content (AvgIpc) is 2.79. The first-order valence-corrected chi connectivity index (χ1v) is 6.43. The molecule has 0 aliphatic carbocycles. The van der Waals surface area contributed by atoms with E-state index in [1.807, 2.05) is 13.8 Å². The van der Waals surface area contributed by atoms with Gasteiger partial charge in [0.1, 0.15) is 0 Å². The number of carbonyl (C=O) groups is 1. The summed E-state index contributed by atoms with van der Waals surface area (Å²) in [6.45, 7) is 4.18. The van der Waals surface area contributed by atoms with Crippen molar-refractivity contribution in [3.8, 4) is 0 Å². The minimum atomic E-state index is -4.49. The number of carbonyl (C=O) groups excluding carboxylic acids is 1. The Bertz CT molecular complexity index is 282. The molecule has 1 fully saturated rings. The van der Waals surface area contributed by atoms with Crippen molar-refractivity contribution in [2.75, 3.05) is 19.6 Å². The molecule has 1 rings (SSSR count). The lowest BCUT2D eigenvalue weighted by molar-refractivity contribution is -0.216. The molecule has 0 saturated carbocycles. The van der Waals surface area contributed by atoms with Gasteiger partial charge >= 0.3 is 6.18 Å². The predicted molar refractivity (Wildman–Crippen MR) is 63.1 cm³/mol. The maximum absolute atomic E-state index is 13.1. The highest BCUT2D eigenvalue weighted by molar-refractivity contribution is 5.84. The van der Waals surface area contributed by atoms with Crippen LogP contribution in [0.4, 0.5) is 13.2 Å². The molecule has 106 valence electrons. The normalized spacial score (nSPS) is 24.6. The highest BCUT2D eigenvalue weighted by atomic mass is 19.4. The summed E-state index contributed by atoms with van der Waals surface area (Å²) in [7, 11) is 0. The van der Waals surface area contributed by atoms with Crippen LogP contribution in [0.5, 0.6) is 0 Å². The van der Waals surface area contributed by atoms with Crippen LogP contribution in [0.15, 0.2) is 0 Å². The monoisotopic (exact) mass is 266 g/mol. The van der Waals surface area contributed by atoms with Crippen LogP contribution in [0.3, 0.4) is 0 Å². The molecule has 0 spiro atoms. The molecule has 0 bridgehead atoms. The van der Waals surface area contributed by atoms with Gasteiger partial charge in [-0.15, -0.1) is 0 Å². The van der Waals surface area contributed by atoms with Crippen molar-refractivity contribution in [2.24, 2.45) is 11.3 Å². The molecule has 1 saturated heterocycles. The van der Waals surface area contributed by atoms with E-state index in [-0.39, 0.29) is 25.4 Å². The van der Waals surface area contributed by atoms with Crippen molar-refractivity contribution in [2.45, 2.75) is 39.3 Å². The third kappa shape index (κ3) is 2.96. The second kappa shape index (κ2) is 5.91. The smallest absolute Gasteiger partial charge is 0.355 e. The molecule has 0 aromatic heterocycles. The molecule has 1 unspecified atom stereocenters. The SMILES string of the molecule is CCC(CC)CNC(=O)C1(C(F)(F)F)CCNC1. The Balaban J connectivity index is 2.68. The minimum Gasteiger partial charge on any atom is -0.355 e. The Hall–Kier alpha value is -0.780. The van der Waals surface area contributed by atoms with Gasteiger partial charge in [-0.05, 0) is 18.9 Å². The van der Waals surface area contributed by atoms with Gasteiger partial charge in [0.15, 0.2) is 5.41 Å². The molecule has 0 radical (unpaired) electrons. The maximum atomic E-state index is 13.1. The van der Waals surface area contributed by atoms with E-state index >= 15 is 0 Å². The Labute approximate surface area is 106 Å². The van der Waals surface area contributed by atoms with Gasteiger partial charge in [-0.1, -0.05) is 26.7 Å². The van der Waals surface area contributed by atoms with Gasteiger partial charge in [0.25, 0.3) is 0 Å². The molecule has 1 heterocycles. The molecular formula is C12H21F3N2O. The molecule has 0 aromatic rings. The topological polar surface area (TPSA) is 41.1 Å². The summed E-state index contributed by atoms with van der Waals surface area (Å²) in [5.74, 6) is -0.638. The van der Waals surface area contributed by atoms with Gasteiger partial charge in [-0.2, -0.15) is 13.2 Å². The quantitative estimate of drug-likeness (QED) is 0.800. The summed E-state index contributed by atoms with van der Waals surface area (Å²) >= 11 is 0. The fraction of sp³-hybridized carbons (Fsp3) is 0.917. The van der Waals surface area contributed by atoms with Gasteiger partial charge < -0.3 is 10.6 Å². The van der Waals surface area contributed by atoms with E-state index in [1.165, 1.54) is 0 Å². The van der Waals surface area contributed by atoms with Crippen LogP contribution in [0.25, 0.3) is 0 Å². The highest BCUT2D eigenvalue weighted by Crippen LogP contribution is 2.43. The van der Waals surface area contributed by atoms with Crippen LogP contribution in [0, 0.1) is 11.3 Å². The van der Waals surface area contributed by atoms with E-state index < -0.39 is 17.5 Å².